The second-order valence-electron chi connectivity index (χ2n) is 6.80. The van der Waals surface area contributed by atoms with E-state index in [-0.39, 0.29) is 37.1 Å². The van der Waals surface area contributed by atoms with E-state index in [9.17, 15) is 14.0 Å². The van der Waals surface area contributed by atoms with Gasteiger partial charge in [0.2, 0.25) is 5.91 Å². The number of hydrogen-bond donors (Lipinski definition) is 2. The van der Waals surface area contributed by atoms with Crippen molar-refractivity contribution in [2.45, 2.75) is 20.3 Å². The average molecular weight is 442 g/mol. The molecule has 0 radical (unpaired) electrons. The first-order valence-electron chi connectivity index (χ1n) is 9.96. The Morgan fingerprint density at radius 1 is 1.10 bits per heavy atom. The maximum atomic E-state index is 13.2. The molecule has 162 valence electrons. The van der Waals surface area contributed by atoms with Gasteiger partial charge in [-0.05, 0) is 55.8 Å². The summed E-state index contributed by atoms with van der Waals surface area (Å²) in [4.78, 5) is 29.5. The number of aromatic nitrogens is 1. The molecule has 0 spiro atoms. The van der Waals surface area contributed by atoms with Gasteiger partial charge in [0.15, 0.2) is 0 Å². The van der Waals surface area contributed by atoms with Gasteiger partial charge >= 0.3 is 0 Å². The molecule has 0 atom stereocenters. The maximum absolute atomic E-state index is 13.2. The SMILES string of the molecule is CCOc1ccc(-c2nc(C)c(C(=O)NCCNC(=O)Cc3cccc(F)c3)s2)cc1. The lowest BCUT2D eigenvalue weighted by Gasteiger charge is -2.07. The number of thiazole rings is 1. The Morgan fingerprint density at radius 3 is 2.55 bits per heavy atom. The monoisotopic (exact) mass is 441 g/mol. The molecule has 3 aromatic rings. The molecule has 6 nitrogen and oxygen atoms in total. The molecule has 0 aliphatic heterocycles. The topological polar surface area (TPSA) is 80.3 Å². The number of hydrogen-bond acceptors (Lipinski definition) is 5. The van der Waals surface area contributed by atoms with Gasteiger partial charge in [-0.2, -0.15) is 0 Å². The van der Waals surface area contributed by atoms with Crippen LogP contribution in [0.3, 0.4) is 0 Å². The first-order valence-corrected chi connectivity index (χ1v) is 10.8. The van der Waals surface area contributed by atoms with Crippen molar-refractivity contribution in [3.05, 3.63) is 70.5 Å². The standard InChI is InChI=1S/C23H24FN3O3S/c1-3-30-19-9-7-17(8-10-19)23-27-15(2)21(31-23)22(29)26-12-11-25-20(28)14-16-5-4-6-18(24)13-16/h4-10,13H,3,11-12,14H2,1-2H3,(H,25,28)(H,26,29). The summed E-state index contributed by atoms with van der Waals surface area (Å²) in [5.74, 6) is -0.0443. The van der Waals surface area contributed by atoms with Crippen molar-refractivity contribution < 1.29 is 18.7 Å². The van der Waals surface area contributed by atoms with Crippen molar-refractivity contribution in [3.63, 3.8) is 0 Å². The molecular weight excluding hydrogens is 417 g/mol. The highest BCUT2D eigenvalue weighted by Gasteiger charge is 2.16. The van der Waals surface area contributed by atoms with E-state index in [1.807, 2.05) is 31.2 Å². The third-order valence-electron chi connectivity index (χ3n) is 4.40. The molecule has 0 unspecified atom stereocenters. The van der Waals surface area contributed by atoms with Gasteiger partial charge in [-0.1, -0.05) is 12.1 Å². The van der Waals surface area contributed by atoms with Gasteiger partial charge in [0.25, 0.3) is 5.91 Å². The van der Waals surface area contributed by atoms with Crippen LogP contribution in [-0.2, 0) is 11.2 Å². The molecular formula is C23H24FN3O3S. The van der Waals surface area contributed by atoms with Crippen LogP contribution in [0.4, 0.5) is 4.39 Å². The van der Waals surface area contributed by atoms with Crippen molar-refractivity contribution in [2.75, 3.05) is 19.7 Å². The smallest absolute Gasteiger partial charge is 0.263 e. The molecule has 1 aromatic heterocycles. The van der Waals surface area contributed by atoms with Crippen LogP contribution in [0.1, 0.15) is 27.9 Å². The minimum atomic E-state index is -0.373. The third-order valence-corrected chi connectivity index (χ3v) is 5.61. The van der Waals surface area contributed by atoms with Crippen molar-refractivity contribution in [2.24, 2.45) is 0 Å². The van der Waals surface area contributed by atoms with E-state index in [0.717, 1.165) is 16.3 Å². The highest BCUT2D eigenvalue weighted by molar-refractivity contribution is 7.17. The van der Waals surface area contributed by atoms with Gasteiger partial charge < -0.3 is 15.4 Å². The third kappa shape index (κ3) is 6.36. The van der Waals surface area contributed by atoms with Gasteiger partial charge in [0.1, 0.15) is 21.5 Å². The molecule has 0 bridgehead atoms. The summed E-state index contributed by atoms with van der Waals surface area (Å²) in [6.07, 6.45) is 0.0884. The summed E-state index contributed by atoms with van der Waals surface area (Å²) in [5.41, 5.74) is 2.17. The van der Waals surface area contributed by atoms with Gasteiger partial charge in [0, 0.05) is 18.7 Å². The number of aryl methyl sites for hydroxylation is 1. The Labute approximate surface area is 184 Å². The van der Waals surface area contributed by atoms with Crippen LogP contribution in [-0.4, -0.2) is 36.5 Å². The first-order chi connectivity index (χ1) is 15.0. The lowest BCUT2D eigenvalue weighted by molar-refractivity contribution is -0.120. The van der Waals surface area contributed by atoms with E-state index in [4.69, 9.17) is 4.74 Å². The van der Waals surface area contributed by atoms with E-state index in [2.05, 4.69) is 15.6 Å². The lowest BCUT2D eigenvalue weighted by Crippen LogP contribution is -2.35. The average Bonchev–Trinajstić information content (AvgIpc) is 3.13. The molecule has 0 aliphatic carbocycles. The minimum Gasteiger partial charge on any atom is -0.494 e. The number of ether oxygens (including phenoxy) is 1. The van der Waals surface area contributed by atoms with E-state index in [0.29, 0.717) is 22.7 Å². The minimum absolute atomic E-state index is 0.0884. The number of halogens is 1. The van der Waals surface area contributed by atoms with Crippen molar-refractivity contribution >= 4 is 23.2 Å². The molecule has 1 heterocycles. The fraction of sp³-hybridized carbons (Fsp3) is 0.261. The largest absolute Gasteiger partial charge is 0.494 e. The summed E-state index contributed by atoms with van der Waals surface area (Å²) in [6.45, 7) is 4.89. The van der Waals surface area contributed by atoms with Crippen LogP contribution in [0.5, 0.6) is 5.75 Å². The summed E-state index contributed by atoms with van der Waals surface area (Å²) < 4.78 is 18.6. The Balaban J connectivity index is 1.49. The van der Waals surface area contributed by atoms with Crippen molar-refractivity contribution in [1.29, 1.82) is 0 Å². The predicted molar refractivity (Wildman–Crippen MR) is 119 cm³/mol. The highest BCUT2D eigenvalue weighted by atomic mass is 32.1. The fourth-order valence-corrected chi connectivity index (χ4v) is 3.93. The van der Waals surface area contributed by atoms with Crippen LogP contribution in [0.15, 0.2) is 48.5 Å². The number of benzene rings is 2. The summed E-state index contributed by atoms with van der Waals surface area (Å²) in [5, 5.41) is 6.27. The van der Waals surface area contributed by atoms with Gasteiger partial charge in [-0.3, -0.25) is 9.59 Å². The van der Waals surface area contributed by atoms with E-state index in [1.54, 1.807) is 19.1 Å². The van der Waals surface area contributed by atoms with Crippen LogP contribution in [0, 0.1) is 12.7 Å². The second kappa shape index (κ2) is 10.7. The second-order valence-corrected chi connectivity index (χ2v) is 7.80. The molecule has 31 heavy (non-hydrogen) atoms. The van der Waals surface area contributed by atoms with Crippen LogP contribution < -0.4 is 15.4 Å². The van der Waals surface area contributed by atoms with Crippen LogP contribution in [0.2, 0.25) is 0 Å². The van der Waals surface area contributed by atoms with Gasteiger partial charge in [0.05, 0.1) is 18.7 Å². The number of nitrogens with one attached hydrogen (secondary N) is 2. The van der Waals surface area contributed by atoms with Gasteiger partial charge in [-0.15, -0.1) is 11.3 Å². The van der Waals surface area contributed by atoms with Crippen molar-refractivity contribution in [3.8, 4) is 16.3 Å². The number of carbonyl (C=O) groups is 2. The summed E-state index contributed by atoms with van der Waals surface area (Å²) in [6, 6.07) is 13.5. The Hall–Kier alpha value is -3.26. The number of nitrogens with zero attached hydrogens (tertiary/aromatic N) is 1. The Kier molecular flexibility index (Phi) is 7.72. The van der Waals surface area contributed by atoms with Crippen molar-refractivity contribution in [1.82, 2.24) is 15.6 Å². The molecule has 0 saturated carbocycles. The Bertz CT molecular complexity index is 1050. The van der Waals surface area contributed by atoms with E-state index in [1.165, 1.54) is 23.5 Å². The molecule has 0 aliphatic rings. The van der Waals surface area contributed by atoms with Crippen LogP contribution in [0.25, 0.3) is 10.6 Å². The molecule has 2 N–H and O–H groups in total. The molecule has 0 saturated heterocycles. The zero-order chi connectivity index (χ0) is 22.2. The predicted octanol–water partition coefficient (Wildman–Crippen LogP) is 3.75. The number of carbonyl (C=O) groups excluding carboxylic acids is 2. The zero-order valence-corrected chi connectivity index (χ0v) is 18.2. The Morgan fingerprint density at radius 2 is 1.84 bits per heavy atom. The number of amides is 2. The van der Waals surface area contributed by atoms with E-state index < -0.39 is 0 Å². The fourth-order valence-electron chi connectivity index (χ4n) is 2.94. The van der Waals surface area contributed by atoms with Gasteiger partial charge in [-0.25, -0.2) is 9.37 Å². The summed E-state index contributed by atoms with van der Waals surface area (Å²) >= 11 is 1.32. The quantitative estimate of drug-likeness (QED) is 0.496. The summed E-state index contributed by atoms with van der Waals surface area (Å²) in [7, 11) is 0. The lowest BCUT2D eigenvalue weighted by atomic mass is 10.1. The van der Waals surface area contributed by atoms with Crippen LogP contribution >= 0.6 is 11.3 Å². The molecule has 2 aromatic carbocycles. The number of rotatable bonds is 9. The molecule has 3 rings (SSSR count). The first kappa shape index (κ1) is 22.4. The van der Waals surface area contributed by atoms with E-state index >= 15 is 0 Å². The highest BCUT2D eigenvalue weighted by Crippen LogP contribution is 2.29. The zero-order valence-electron chi connectivity index (χ0n) is 17.4. The molecule has 2 amide bonds. The maximum Gasteiger partial charge on any atom is 0.263 e. The molecule has 8 heteroatoms. The normalized spacial score (nSPS) is 10.5. The molecule has 0 fully saturated rings.